The molecule has 0 fully saturated rings. The van der Waals surface area contributed by atoms with Crippen LogP contribution in [0.3, 0.4) is 0 Å². The van der Waals surface area contributed by atoms with Gasteiger partial charge in [0.15, 0.2) is 0 Å². The second-order valence-electron chi connectivity index (χ2n) is 6.83. The molecule has 0 spiro atoms. The van der Waals surface area contributed by atoms with Gasteiger partial charge in [0.2, 0.25) is 0 Å². The molecule has 0 aliphatic carbocycles. The first-order valence-corrected chi connectivity index (χ1v) is 11.4. The number of anilines is 1. The second-order valence-corrected chi connectivity index (χ2v) is 8.49. The van der Waals surface area contributed by atoms with Crippen molar-refractivity contribution in [1.29, 1.82) is 0 Å². The Hall–Kier alpha value is -3.49. The van der Waals surface area contributed by atoms with E-state index in [1.54, 1.807) is 11.8 Å². The van der Waals surface area contributed by atoms with Crippen molar-refractivity contribution >= 4 is 40.5 Å². The van der Waals surface area contributed by atoms with Gasteiger partial charge in [-0.05, 0) is 60.1 Å². The van der Waals surface area contributed by atoms with Crippen LogP contribution in [0.5, 0.6) is 0 Å². The Labute approximate surface area is 187 Å². The molecule has 8 heteroatoms. The number of imidazole rings is 1. The van der Waals surface area contributed by atoms with Gasteiger partial charge >= 0.3 is 0 Å². The van der Waals surface area contributed by atoms with E-state index < -0.39 is 0 Å². The molecule has 1 amide bonds. The molecule has 0 aliphatic heterocycles. The number of nitrogens with one attached hydrogen (secondary N) is 1. The summed E-state index contributed by atoms with van der Waals surface area (Å²) in [6.07, 6.45) is 4.04. The van der Waals surface area contributed by atoms with E-state index >= 15 is 0 Å². The highest BCUT2D eigenvalue weighted by molar-refractivity contribution is 7.98. The van der Waals surface area contributed by atoms with Crippen LogP contribution in [0.25, 0.3) is 16.9 Å². The first-order chi connectivity index (χ1) is 15.2. The number of aromatic nitrogens is 4. The molecule has 0 unspecified atom stereocenters. The fraction of sp³-hybridized carbons (Fsp3) is 0.0435. The van der Waals surface area contributed by atoms with E-state index in [1.807, 2.05) is 88.9 Å². The molecular weight excluding hydrogens is 426 g/mol. The maximum atomic E-state index is 12.6. The Morgan fingerprint density at radius 1 is 1.03 bits per heavy atom. The molecule has 0 bridgehead atoms. The summed E-state index contributed by atoms with van der Waals surface area (Å²) in [5.41, 5.74) is 5.13. The first-order valence-electron chi connectivity index (χ1n) is 9.59. The van der Waals surface area contributed by atoms with Gasteiger partial charge in [-0.3, -0.25) is 4.79 Å². The van der Waals surface area contributed by atoms with Gasteiger partial charge in [0.1, 0.15) is 11.3 Å². The Balaban J connectivity index is 1.19. The molecule has 0 saturated carbocycles. The van der Waals surface area contributed by atoms with Crippen LogP contribution in [0.2, 0.25) is 0 Å². The summed E-state index contributed by atoms with van der Waals surface area (Å²) in [6, 6.07) is 21.2. The summed E-state index contributed by atoms with van der Waals surface area (Å²) < 4.78 is 5.89. The Kier molecular flexibility index (Phi) is 5.47. The first kappa shape index (κ1) is 19.5. The number of carbonyl (C=O) groups is 1. The normalized spacial score (nSPS) is 11.0. The van der Waals surface area contributed by atoms with Crippen LogP contribution < -0.4 is 5.32 Å². The third-order valence-corrected chi connectivity index (χ3v) is 6.27. The van der Waals surface area contributed by atoms with E-state index in [0.717, 1.165) is 38.9 Å². The molecule has 0 aliphatic rings. The van der Waals surface area contributed by atoms with Crippen molar-refractivity contribution in [2.45, 2.75) is 10.6 Å². The number of rotatable bonds is 6. The highest BCUT2D eigenvalue weighted by Crippen LogP contribution is 2.24. The summed E-state index contributed by atoms with van der Waals surface area (Å²) in [6.45, 7) is 0. The van der Waals surface area contributed by atoms with Crippen molar-refractivity contribution < 1.29 is 4.79 Å². The van der Waals surface area contributed by atoms with Crippen molar-refractivity contribution in [1.82, 2.24) is 19.0 Å². The average molecular weight is 444 g/mol. The lowest BCUT2D eigenvalue weighted by atomic mass is 10.1. The number of nitrogens with zero attached hydrogens (tertiary/aromatic N) is 4. The molecule has 1 N–H and O–H groups in total. The van der Waals surface area contributed by atoms with Crippen LogP contribution in [0.1, 0.15) is 16.1 Å². The van der Waals surface area contributed by atoms with Crippen molar-refractivity contribution in [3.05, 3.63) is 95.8 Å². The van der Waals surface area contributed by atoms with Crippen molar-refractivity contribution in [2.75, 3.05) is 5.32 Å². The largest absolute Gasteiger partial charge is 0.322 e. The summed E-state index contributed by atoms with van der Waals surface area (Å²) in [5.74, 6) is 0.633. The molecule has 3 heterocycles. The molecular formula is C23H17N5OS2. The Morgan fingerprint density at radius 3 is 2.61 bits per heavy atom. The second kappa shape index (κ2) is 8.71. The van der Waals surface area contributed by atoms with Crippen LogP contribution in [-0.2, 0) is 5.75 Å². The molecule has 152 valence electrons. The zero-order chi connectivity index (χ0) is 21.0. The monoisotopic (exact) mass is 443 g/mol. The Morgan fingerprint density at radius 2 is 1.87 bits per heavy atom. The molecule has 31 heavy (non-hydrogen) atoms. The lowest BCUT2D eigenvalue weighted by molar-refractivity contribution is 0.102. The Bertz CT molecular complexity index is 1280. The summed E-state index contributed by atoms with van der Waals surface area (Å²) in [5, 5.41) is 8.87. The van der Waals surface area contributed by atoms with Gasteiger partial charge in [-0.15, -0.1) is 16.9 Å². The summed E-state index contributed by atoms with van der Waals surface area (Å²) in [7, 11) is 0. The SMILES string of the molecule is O=C(Nc1ccc(-c2csnn2)cc1)c1ccc(SCc2cn3ccccc3n2)cc1. The maximum Gasteiger partial charge on any atom is 0.255 e. The standard InChI is InChI=1S/C23H17N5OS2/c29-23(25-18-8-4-16(5-9-18)21-15-31-27-26-21)17-6-10-20(11-7-17)30-14-19-13-28-12-2-1-3-22(28)24-19/h1-13,15H,14H2,(H,25,29). The van der Waals surface area contributed by atoms with Crippen LogP contribution in [-0.4, -0.2) is 24.9 Å². The van der Waals surface area contributed by atoms with Crippen molar-refractivity contribution in [3.8, 4) is 11.3 Å². The van der Waals surface area contributed by atoms with Gasteiger partial charge in [-0.25, -0.2) is 4.98 Å². The predicted molar refractivity (Wildman–Crippen MR) is 124 cm³/mol. The molecule has 5 aromatic rings. The molecule has 2 aromatic carbocycles. The number of fused-ring (bicyclic) bond motifs is 1. The minimum Gasteiger partial charge on any atom is -0.322 e. The number of carbonyl (C=O) groups excluding carboxylic acids is 1. The zero-order valence-corrected chi connectivity index (χ0v) is 17.9. The van der Waals surface area contributed by atoms with Crippen LogP contribution >= 0.6 is 23.3 Å². The summed E-state index contributed by atoms with van der Waals surface area (Å²) >= 11 is 3.01. The van der Waals surface area contributed by atoms with Gasteiger partial charge in [0.25, 0.3) is 5.91 Å². The van der Waals surface area contributed by atoms with Gasteiger partial charge in [-0.2, -0.15) is 0 Å². The van der Waals surface area contributed by atoms with Crippen LogP contribution in [0.4, 0.5) is 5.69 Å². The number of thioether (sulfide) groups is 1. The van der Waals surface area contributed by atoms with Gasteiger partial charge in [0, 0.05) is 45.2 Å². The molecule has 0 saturated heterocycles. The maximum absolute atomic E-state index is 12.6. The zero-order valence-electron chi connectivity index (χ0n) is 16.3. The quantitative estimate of drug-likeness (QED) is 0.356. The average Bonchev–Trinajstić information content (AvgIpc) is 3.48. The lowest BCUT2D eigenvalue weighted by Crippen LogP contribution is -2.11. The van der Waals surface area contributed by atoms with E-state index in [1.165, 1.54) is 11.5 Å². The third kappa shape index (κ3) is 4.50. The van der Waals surface area contributed by atoms with E-state index in [9.17, 15) is 4.79 Å². The van der Waals surface area contributed by atoms with E-state index in [0.29, 0.717) is 5.56 Å². The number of benzene rings is 2. The number of pyridine rings is 1. The highest BCUT2D eigenvalue weighted by Gasteiger charge is 2.08. The fourth-order valence-electron chi connectivity index (χ4n) is 3.13. The topological polar surface area (TPSA) is 72.2 Å². The number of amides is 1. The van der Waals surface area contributed by atoms with Gasteiger partial charge < -0.3 is 9.72 Å². The van der Waals surface area contributed by atoms with E-state index in [4.69, 9.17) is 0 Å². The van der Waals surface area contributed by atoms with Crippen molar-refractivity contribution in [3.63, 3.8) is 0 Å². The fourth-order valence-corrected chi connectivity index (χ4v) is 4.38. The third-order valence-electron chi connectivity index (χ3n) is 4.72. The lowest BCUT2D eigenvalue weighted by Gasteiger charge is -2.07. The molecule has 6 nitrogen and oxygen atoms in total. The van der Waals surface area contributed by atoms with E-state index in [-0.39, 0.29) is 5.91 Å². The number of hydrogen-bond donors (Lipinski definition) is 1. The predicted octanol–water partition coefficient (Wildman–Crippen LogP) is 5.40. The molecule has 3 aromatic heterocycles. The molecule has 0 atom stereocenters. The van der Waals surface area contributed by atoms with Gasteiger partial charge in [-0.1, -0.05) is 22.7 Å². The van der Waals surface area contributed by atoms with Crippen LogP contribution in [0.15, 0.2) is 89.4 Å². The number of hydrogen-bond acceptors (Lipinski definition) is 6. The van der Waals surface area contributed by atoms with Gasteiger partial charge in [0.05, 0.1) is 5.69 Å². The minimum atomic E-state index is -0.139. The minimum absolute atomic E-state index is 0.139. The highest BCUT2D eigenvalue weighted by atomic mass is 32.2. The van der Waals surface area contributed by atoms with Crippen molar-refractivity contribution in [2.24, 2.45) is 0 Å². The summed E-state index contributed by atoms with van der Waals surface area (Å²) in [4.78, 5) is 18.3. The van der Waals surface area contributed by atoms with Crippen LogP contribution in [0, 0.1) is 0 Å². The smallest absolute Gasteiger partial charge is 0.255 e. The molecule has 0 radical (unpaired) electrons. The molecule has 5 rings (SSSR count). The van der Waals surface area contributed by atoms with E-state index in [2.05, 4.69) is 19.9 Å².